The number of allylic oxidation sites excluding steroid dienone is 1. The fraction of sp³-hybridized carbons (Fsp3) is 0.0588. The highest BCUT2D eigenvalue weighted by Crippen LogP contribution is 2.32. The Morgan fingerprint density at radius 3 is 2.09 bits per heavy atom. The van der Waals surface area contributed by atoms with Gasteiger partial charge < -0.3 is 0 Å². The molecule has 0 aromatic heterocycles. The Labute approximate surface area is 125 Å². The Morgan fingerprint density at radius 1 is 0.909 bits per heavy atom. The quantitative estimate of drug-likeness (QED) is 0.747. The van der Waals surface area contributed by atoms with Gasteiger partial charge in [0.05, 0.1) is 5.56 Å². The smallest absolute Gasteiger partial charge is 0.192 e. The number of alkyl halides is 3. The molecule has 0 aliphatic heterocycles. The predicted molar refractivity (Wildman–Crippen MR) is 76.1 cm³/mol. The first-order chi connectivity index (χ1) is 10.4. The Morgan fingerprint density at radius 2 is 1.55 bits per heavy atom. The molecule has 0 bridgehead atoms. The molecule has 0 unspecified atom stereocenters. The van der Waals surface area contributed by atoms with Crippen LogP contribution in [0.3, 0.4) is 0 Å². The summed E-state index contributed by atoms with van der Waals surface area (Å²) in [5.41, 5.74) is 0.968. The molecule has 0 heterocycles. The van der Waals surface area contributed by atoms with Gasteiger partial charge in [0.1, 0.15) is 17.7 Å². The maximum atomic E-state index is 12.7. The SMILES string of the molecule is N#CC(C#N)=Cc1ccc(-c2cccc(C(F)(F)F)c2)cc1. The molecule has 0 atom stereocenters. The van der Waals surface area contributed by atoms with Crippen LogP contribution < -0.4 is 0 Å². The summed E-state index contributed by atoms with van der Waals surface area (Å²) in [6, 6.07) is 15.1. The average Bonchev–Trinajstić information content (AvgIpc) is 2.52. The summed E-state index contributed by atoms with van der Waals surface area (Å²) in [6.07, 6.45) is -2.97. The first kappa shape index (κ1) is 15.3. The highest BCUT2D eigenvalue weighted by atomic mass is 19.4. The van der Waals surface area contributed by atoms with Crippen molar-refractivity contribution >= 4 is 6.08 Å². The summed E-state index contributed by atoms with van der Waals surface area (Å²) in [5.74, 6) is 0. The van der Waals surface area contributed by atoms with Crippen molar-refractivity contribution in [3.05, 3.63) is 65.2 Å². The summed E-state index contributed by atoms with van der Waals surface area (Å²) in [7, 11) is 0. The van der Waals surface area contributed by atoms with Crippen molar-refractivity contribution in [1.29, 1.82) is 10.5 Å². The minimum Gasteiger partial charge on any atom is -0.192 e. The molecule has 0 spiro atoms. The molecule has 2 rings (SSSR count). The van der Waals surface area contributed by atoms with E-state index in [0.29, 0.717) is 16.7 Å². The minimum atomic E-state index is -4.38. The number of hydrogen-bond donors (Lipinski definition) is 0. The first-order valence-electron chi connectivity index (χ1n) is 6.23. The second kappa shape index (κ2) is 6.15. The Balaban J connectivity index is 2.35. The average molecular weight is 298 g/mol. The van der Waals surface area contributed by atoms with Gasteiger partial charge in [-0.05, 0) is 34.9 Å². The van der Waals surface area contributed by atoms with E-state index in [1.165, 1.54) is 12.1 Å². The van der Waals surface area contributed by atoms with E-state index in [9.17, 15) is 13.2 Å². The first-order valence-corrected chi connectivity index (χ1v) is 6.23. The molecule has 0 saturated carbocycles. The van der Waals surface area contributed by atoms with E-state index in [2.05, 4.69) is 0 Å². The molecule has 0 amide bonds. The lowest BCUT2D eigenvalue weighted by molar-refractivity contribution is -0.137. The normalized spacial score (nSPS) is 10.4. The van der Waals surface area contributed by atoms with Crippen molar-refractivity contribution in [2.75, 3.05) is 0 Å². The molecule has 108 valence electrons. The van der Waals surface area contributed by atoms with Gasteiger partial charge in [-0.2, -0.15) is 23.7 Å². The standard InChI is InChI=1S/C17H9F3N2/c18-17(19,20)16-3-1-2-15(9-16)14-6-4-12(5-7-14)8-13(10-21)11-22/h1-9H. The minimum absolute atomic E-state index is 0.0354. The van der Waals surface area contributed by atoms with Crippen molar-refractivity contribution in [2.24, 2.45) is 0 Å². The highest BCUT2D eigenvalue weighted by Gasteiger charge is 2.30. The summed E-state index contributed by atoms with van der Waals surface area (Å²) in [4.78, 5) is 0. The Hall–Kier alpha value is -3.05. The monoisotopic (exact) mass is 298 g/mol. The number of benzene rings is 2. The van der Waals surface area contributed by atoms with E-state index in [1.54, 1.807) is 42.5 Å². The third-order valence-corrected chi connectivity index (χ3v) is 2.99. The van der Waals surface area contributed by atoms with E-state index >= 15 is 0 Å². The molecule has 2 aromatic rings. The van der Waals surface area contributed by atoms with Crippen LogP contribution in [-0.2, 0) is 6.18 Å². The van der Waals surface area contributed by atoms with Crippen LogP contribution in [0.1, 0.15) is 11.1 Å². The number of halogens is 3. The molecular weight excluding hydrogens is 289 g/mol. The predicted octanol–water partition coefficient (Wildman–Crippen LogP) is 4.80. The number of rotatable bonds is 2. The lowest BCUT2D eigenvalue weighted by Gasteiger charge is -2.09. The Bertz CT molecular complexity index is 772. The second-order valence-electron chi connectivity index (χ2n) is 4.48. The van der Waals surface area contributed by atoms with Gasteiger partial charge in [0.15, 0.2) is 0 Å². The van der Waals surface area contributed by atoms with E-state index < -0.39 is 11.7 Å². The molecule has 0 fully saturated rings. The molecule has 5 heteroatoms. The number of nitrogens with zero attached hydrogens (tertiary/aromatic N) is 2. The molecule has 0 aliphatic carbocycles. The molecule has 0 radical (unpaired) electrons. The molecule has 0 aliphatic rings. The van der Waals surface area contributed by atoms with Crippen LogP contribution in [0.15, 0.2) is 54.1 Å². The largest absolute Gasteiger partial charge is 0.416 e. The van der Waals surface area contributed by atoms with Crippen molar-refractivity contribution in [3.63, 3.8) is 0 Å². The van der Waals surface area contributed by atoms with Gasteiger partial charge in [0.25, 0.3) is 0 Å². The molecule has 0 saturated heterocycles. The zero-order valence-electron chi connectivity index (χ0n) is 11.2. The third kappa shape index (κ3) is 3.53. The molecule has 2 aromatic carbocycles. The third-order valence-electron chi connectivity index (χ3n) is 2.99. The zero-order chi connectivity index (χ0) is 16.2. The van der Waals surface area contributed by atoms with Gasteiger partial charge in [-0.1, -0.05) is 36.4 Å². The van der Waals surface area contributed by atoms with Crippen LogP contribution in [0.4, 0.5) is 13.2 Å². The fourth-order valence-corrected chi connectivity index (χ4v) is 1.90. The van der Waals surface area contributed by atoms with Crippen LogP contribution in [-0.4, -0.2) is 0 Å². The summed E-state index contributed by atoms with van der Waals surface area (Å²) >= 11 is 0. The van der Waals surface area contributed by atoms with Crippen molar-refractivity contribution in [3.8, 4) is 23.3 Å². The van der Waals surface area contributed by atoms with Crippen molar-refractivity contribution < 1.29 is 13.2 Å². The van der Waals surface area contributed by atoms with Gasteiger partial charge in [-0.15, -0.1) is 0 Å². The topological polar surface area (TPSA) is 47.6 Å². The molecule has 22 heavy (non-hydrogen) atoms. The zero-order valence-corrected chi connectivity index (χ0v) is 11.2. The number of hydrogen-bond acceptors (Lipinski definition) is 2. The summed E-state index contributed by atoms with van der Waals surface area (Å²) in [6.45, 7) is 0. The maximum Gasteiger partial charge on any atom is 0.416 e. The van der Waals surface area contributed by atoms with Gasteiger partial charge in [0, 0.05) is 0 Å². The molecular formula is C17H9F3N2. The fourth-order valence-electron chi connectivity index (χ4n) is 1.90. The van der Waals surface area contributed by atoms with Gasteiger partial charge in [0.2, 0.25) is 0 Å². The van der Waals surface area contributed by atoms with Crippen molar-refractivity contribution in [1.82, 2.24) is 0 Å². The van der Waals surface area contributed by atoms with Crippen LogP contribution in [0, 0.1) is 22.7 Å². The van der Waals surface area contributed by atoms with E-state index in [0.717, 1.165) is 12.1 Å². The number of nitriles is 2. The van der Waals surface area contributed by atoms with Crippen LogP contribution >= 0.6 is 0 Å². The second-order valence-corrected chi connectivity index (χ2v) is 4.48. The summed E-state index contributed by atoms with van der Waals surface area (Å²) < 4.78 is 38.1. The van der Waals surface area contributed by atoms with Gasteiger partial charge in [-0.3, -0.25) is 0 Å². The molecule has 2 nitrogen and oxygen atoms in total. The lowest BCUT2D eigenvalue weighted by Crippen LogP contribution is -2.04. The highest BCUT2D eigenvalue weighted by molar-refractivity contribution is 5.68. The molecule has 0 N–H and O–H groups in total. The van der Waals surface area contributed by atoms with Crippen LogP contribution in [0.5, 0.6) is 0 Å². The van der Waals surface area contributed by atoms with Gasteiger partial charge >= 0.3 is 6.18 Å². The van der Waals surface area contributed by atoms with Gasteiger partial charge in [-0.25, -0.2) is 0 Å². The van der Waals surface area contributed by atoms with Crippen molar-refractivity contribution in [2.45, 2.75) is 6.18 Å². The van der Waals surface area contributed by atoms with E-state index in [4.69, 9.17) is 10.5 Å². The van der Waals surface area contributed by atoms with Crippen LogP contribution in [0.2, 0.25) is 0 Å². The van der Waals surface area contributed by atoms with E-state index in [-0.39, 0.29) is 5.57 Å². The summed E-state index contributed by atoms with van der Waals surface area (Å²) in [5, 5.41) is 17.4. The maximum absolute atomic E-state index is 12.7. The Kier molecular flexibility index (Phi) is 4.29. The van der Waals surface area contributed by atoms with Crippen LogP contribution in [0.25, 0.3) is 17.2 Å². The van der Waals surface area contributed by atoms with E-state index in [1.807, 2.05) is 0 Å². The lowest BCUT2D eigenvalue weighted by atomic mass is 10.0.